The van der Waals surface area contributed by atoms with E-state index in [0.717, 1.165) is 0 Å². The number of hydrogen-bond acceptors (Lipinski definition) is 5. The average molecular weight is 152 g/mol. The summed E-state index contributed by atoms with van der Waals surface area (Å²) in [7, 11) is 0. The van der Waals surface area contributed by atoms with Gasteiger partial charge in [0, 0.05) is 17.1 Å². The Balaban J connectivity index is -0.0000000480. The van der Waals surface area contributed by atoms with Crippen LogP contribution in [0.4, 0.5) is 0 Å². The largest absolute Gasteiger partial charge is 0.356 e. The zero-order chi connectivity index (χ0) is 5.58. The van der Waals surface area contributed by atoms with Gasteiger partial charge in [-0.15, -0.1) is 0 Å². The molecular formula is H2FeNO5-. The van der Waals surface area contributed by atoms with Gasteiger partial charge in [-0.25, -0.2) is 0 Å². The van der Waals surface area contributed by atoms with Gasteiger partial charge in [-0.05, 0) is 0 Å². The third kappa shape index (κ3) is 575. The van der Waals surface area contributed by atoms with Gasteiger partial charge in [-0.1, -0.05) is 0 Å². The molecule has 0 aliphatic rings. The van der Waals surface area contributed by atoms with Crippen LogP contribution in [-0.2, 0) is 17.1 Å². The van der Waals surface area contributed by atoms with Crippen molar-refractivity contribution in [1.29, 1.82) is 0 Å². The molecule has 0 saturated carbocycles. The Morgan fingerprint density at radius 3 is 1.29 bits per heavy atom. The van der Waals surface area contributed by atoms with Gasteiger partial charge >= 0.3 is 0 Å². The summed E-state index contributed by atoms with van der Waals surface area (Å²) in [4.78, 5) is 8.25. The maximum absolute atomic E-state index is 8.25. The summed E-state index contributed by atoms with van der Waals surface area (Å²) in [6.07, 6.45) is 0. The summed E-state index contributed by atoms with van der Waals surface area (Å²) < 4.78 is 0. The SMILES string of the molecule is O=[N+]([O-])[O-].OO.[Fe]. The van der Waals surface area contributed by atoms with Crippen molar-refractivity contribution in [2.24, 2.45) is 0 Å². The fourth-order valence-electron chi connectivity index (χ4n) is 0. The Labute approximate surface area is 48.9 Å². The molecule has 0 aromatic heterocycles. The van der Waals surface area contributed by atoms with E-state index in [-0.39, 0.29) is 17.1 Å². The van der Waals surface area contributed by atoms with Gasteiger partial charge in [0.1, 0.15) is 0 Å². The topological polar surface area (TPSA) is 107 Å². The molecule has 0 heterocycles. The molecule has 0 saturated heterocycles. The Morgan fingerprint density at radius 1 is 1.29 bits per heavy atom. The molecule has 2 N–H and O–H groups in total. The smallest absolute Gasteiger partial charge is 0.0689 e. The predicted molar refractivity (Wildman–Crippen MR) is 15.6 cm³/mol. The number of rotatable bonds is 0. The van der Waals surface area contributed by atoms with Crippen molar-refractivity contribution in [2.45, 2.75) is 0 Å². The van der Waals surface area contributed by atoms with Crippen LogP contribution >= 0.6 is 0 Å². The van der Waals surface area contributed by atoms with E-state index in [9.17, 15) is 0 Å². The maximum Gasteiger partial charge on any atom is 0.0689 e. The first kappa shape index (κ1) is 15.9. The molecule has 0 unspecified atom stereocenters. The standard InChI is InChI=1S/Fe.NO3.H2O2/c;2-1(3)4;1-2/h;;1-2H/q;-1;. The molecular weight excluding hydrogens is 150 g/mol. The van der Waals surface area contributed by atoms with Crippen molar-refractivity contribution in [2.75, 3.05) is 0 Å². The van der Waals surface area contributed by atoms with Crippen LogP contribution in [0, 0.1) is 15.3 Å². The molecule has 0 atom stereocenters. The second-order valence-electron chi connectivity index (χ2n) is 0.224. The first-order valence-electron chi connectivity index (χ1n) is 0.748. The average Bonchev–Trinajstić information content (AvgIpc) is 1.41. The van der Waals surface area contributed by atoms with E-state index in [4.69, 9.17) is 25.8 Å². The Kier molecular flexibility index (Phi) is 39.7. The van der Waals surface area contributed by atoms with Crippen LogP contribution in [0.2, 0.25) is 0 Å². The third-order valence-electron chi connectivity index (χ3n) is 0. The van der Waals surface area contributed by atoms with E-state index in [0.29, 0.717) is 0 Å². The molecule has 0 aliphatic carbocycles. The normalized spacial score (nSPS) is 4.29. The molecule has 46 valence electrons. The van der Waals surface area contributed by atoms with Crippen molar-refractivity contribution < 1.29 is 32.7 Å². The van der Waals surface area contributed by atoms with Crippen LogP contribution in [0.15, 0.2) is 0 Å². The maximum atomic E-state index is 8.25. The van der Waals surface area contributed by atoms with Crippen molar-refractivity contribution in [3.8, 4) is 0 Å². The molecule has 0 spiro atoms. The Bertz CT molecular complexity index is 31.1. The van der Waals surface area contributed by atoms with Crippen LogP contribution in [0.1, 0.15) is 0 Å². The quantitative estimate of drug-likeness (QED) is 0.216. The number of nitrogens with zero attached hydrogens (tertiary/aromatic N) is 1. The predicted octanol–water partition coefficient (Wildman–Crippen LogP) is -0.224. The summed E-state index contributed by atoms with van der Waals surface area (Å²) in [6.45, 7) is 0. The number of hydrogen-bond donors (Lipinski definition) is 2. The second-order valence-corrected chi connectivity index (χ2v) is 0.224. The molecule has 0 aromatic carbocycles. The summed E-state index contributed by atoms with van der Waals surface area (Å²) in [5.41, 5.74) is 0. The Morgan fingerprint density at radius 2 is 1.29 bits per heavy atom. The second kappa shape index (κ2) is 17.4. The van der Waals surface area contributed by atoms with E-state index in [2.05, 4.69) is 0 Å². The fraction of sp³-hybridized carbons (Fsp3) is 0. The van der Waals surface area contributed by atoms with E-state index in [1.165, 1.54) is 0 Å². The molecule has 0 aliphatic heterocycles. The summed E-state index contributed by atoms with van der Waals surface area (Å²) in [6, 6.07) is 0. The van der Waals surface area contributed by atoms with Crippen LogP contribution < -0.4 is 0 Å². The van der Waals surface area contributed by atoms with Crippen LogP contribution in [0.3, 0.4) is 0 Å². The minimum Gasteiger partial charge on any atom is -0.356 e. The molecule has 0 rings (SSSR count). The van der Waals surface area contributed by atoms with Gasteiger partial charge in [0.25, 0.3) is 0 Å². The molecule has 7 heavy (non-hydrogen) atoms. The van der Waals surface area contributed by atoms with Crippen LogP contribution in [0.5, 0.6) is 0 Å². The van der Waals surface area contributed by atoms with E-state index in [1.807, 2.05) is 0 Å². The van der Waals surface area contributed by atoms with Gasteiger partial charge in [0.05, 0.1) is 5.09 Å². The molecule has 0 bridgehead atoms. The van der Waals surface area contributed by atoms with E-state index in [1.54, 1.807) is 0 Å². The molecule has 0 radical (unpaired) electrons. The molecule has 7 heteroatoms. The van der Waals surface area contributed by atoms with Crippen LogP contribution in [-0.4, -0.2) is 15.6 Å². The summed E-state index contributed by atoms with van der Waals surface area (Å²) in [5.74, 6) is 0. The monoisotopic (exact) mass is 152 g/mol. The van der Waals surface area contributed by atoms with Crippen molar-refractivity contribution in [3.63, 3.8) is 0 Å². The zero-order valence-electron chi connectivity index (χ0n) is 2.92. The zero-order valence-corrected chi connectivity index (χ0v) is 4.02. The van der Waals surface area contributed by atoms with Crippen LogP contribution in [0.25, 0.3) is 0 Å². The van der Waals surface area contributed by atoms with E-state index < -0.39 is 5.09 Å². The van der Waals surface area contributed by atoms with Crippen molar-refractivity contribution in [3.05, 3.63) is 15.3 Å². The summed E-state index contributed by atoms with van der Waals surface area (Å²) in [5, 5.41) is 26.8. The van der Waals surface area contributed by atoms with Gasteiger partial charge < -0.3 is 15.3 Å². The van der Waals surface area contributed by atoms with E-state index >= 15 is 0 Å². The first-order valence-corrected chi connectivity index (χ1v) is 0.748. The minimum atomic E-state index is -1.75. The molecule has 6 nitrogen and oxygen atoms in total. The van der Waals surface area contributed by atoms with Gasteiger partial charge in [-0.2, -0.15) is 0 Å². The van der Waals surface area contributed by atoms with Crippen molar-refractivity contribution >= 4 is 0 Å². The minimum absolute atomic E-state index is 0. The van der Waals surface area contributed by atoms with Gasteiger partial charge in [-0.3, -0.25) is 10.5 Å². The van der Waals surface area contributed by atoms with Gasteiger partial charge in [0.15, 0.2) is 0 Å². The third-order valence-corrected chi connectivity index (χ3v) is 0. The van der Waals surface area contributed by atoms with Gasteiger partial charge in [0.2, 0.25) is 0 Å². The van der Waals surface area contributed by atoms with Crippen molar-refractivity contribution in [1.82, 2.24) is 0 Å². The molecule has 0 aromatic rings. The summed E-state index contributed by atoms with van der Waals surface area (Å²) >= 11 is 0. The molecule has 0 amide bonds. The first-order chi connectivity index (χ1) is 2.73. The molecule has 0 fully saturated rings. The Hall–Kier alpha value is -0.361. The fourth-order valence-corrected chi connectivity index (χ4v) is 0.